The van der Waals surface area contributed by atoms with Crippen molar-refractivity contribution < 1.29 is 28.6 Å². The van der Waals surface area contributed by atoms with Gasteiger partial charge in [0.15, 0.2) is 5.67 Å². The van der Waals surface area contributed by atoms with E-state index in [0.717, 1.165) is 21.7 Å². The number of amides is 3. The Bertz CT molecular complexity index is 1250. The Balaban J connectivity index is 1.51. The molecule has 0 bridgehead atoms. The number of methoxy groups -OCH3 is 1. The number of ether oxygens (including phenoxy) is 1. The number of alkyl halides is 1. The van der Waals surface area contributed by atoms with Crippen LogP contribution in [0.4, 0.5) is 4.39 Å². The molecular weight excluding hydrogens is 523 g/mol. The second-order valence-electron chi connectivity index (χ2n) is 11.6. The highest BCUT2D eigenvalue weighted by Crippen LogP contribution is 2.40. The number of likely N-dealkylation sites (tertiary alicyclic amines) is 1. The van der Waals surface area contributed by atoms with Gasteiger partial charge in [-0.3, -0.25) is 14.4 Å². The maximum absolute atomic E-state index is 14.4. The van der Waals surface area contributed by atoms with Crippen molar-refractivity contribution in [1.82, 2.24) is 20.5 Å². The molecule has 1 aromatic carbocycles. The third kappa shape index (κ3) is 6.09. The smallest absolute Gasteiger partial charge is 0.258 e. The van der Waals surface area contributed by atoms with Crippen molar-refractivity contribution in [2.24, 2.45) is 5.41 Å². The number of carbonyl (C=O) groups excluding carboxylic acids is 3. The second-order valence-corrected chi connectivity index (χ2v) is 12.4. The van der Waals surface area contributed by atoms with Crippen LogP contribution in [-0.4, -0.2) is 70.2 Å². The van der Waals surface area contributed by atoms with Crippen LogP contribution in [0, 0.1) is 12.3 Å². The highest BCUT2D eigenvalue weighted by atomic mass is 32.1. The predicted molar refractivity (Wildman–Crippen MR) is 146 cm³/mol. The summed E-state index contributed by atoms with van der Waals surface area (Å²) >= 11 is 1.53. The van der Waals surface area contributed by atoms with Crippen LogP contribution in [0.15, 0.2) is 23.7 Å². The molecule has 0 radical (unpaired) electrons. The minimum Gasteiger partial charge on any atom is -0.496 e. The number of aromatic nitrogens is 1. The van der Waals surface area contributed by atoms with Crippen molar-refractivity contribution >= 4 is 29.1 Å². The number of aliphatic hydroxyl groups excluding tert-OH is 1. The molecule has 4 rings (SSSR count). The van der Waals surface area contributed by atoms with E-state index in [2.05, 4.69) is 15.6 Å². The van der Waals surface area contributed by atoms with Gasteiger partial charge in [-0.1, -0.05) is 32.9 Å². The molecule has 2 heterocycles. The minimum atomic E-state index is -1.94. The maximum atomic E-state index is 14.4. The molecule has 9 nitrogen and oxygen atoms in total. The molecule has 11 heteroatoms. The normalized spacial score (nSPS) is 21.7. The molecule has 1 saturated carbocycles. The summed E-state index contributed by atoms with van der Waals surface area (Å²) in [5.41, 5.74) is 1.74. The van der Waals surface area contributed by atoms with Crippen LogP contribution in [0.1, 0.15) is 64.3 Å². The first kappa shape index (κ1) is 28.9. The quantitative estimate of drug-likeness (QED) is 0.456. The van der Waals surface area contributed by atoms with Crippen LogP contribution in [-0.2, 0) is 14.4 Å². The molecule has 3 N–H and O–H groups in total. The lowest BCUT2D eigenvalue weighted by Crippen LogP contribution is -2.59. The van der Waals surface area contributed by atoms with E-state index in [4.69, 9.17) is 4.74 Å². The van der Waals surface area contributed by atoms with E-state index >= 15 is 0 Å². The molecule has 39 heavy (non-hydrogen) atoms. The molecule has 2 aliphatic rings. The van der Waals surface area contributed by atoms with E-state index in [-0.39, 0.29) is 25.8 Å². The van der Waals surface area contributed by atoms with Crippen LogP contribution in [0.5, 0.6) is 5.75 Å². The lowest BCUT2D eigenvalue weighted by atomic mass is 9.85. The summed E-state index contributed by atoms with van der Waals surface area (Å²) < 4.78 is 20.0. The van der Waals surface area contributed by atoms with Gasteiger partial charge in [0.1, 0.15) is 17.8 Å². The third-order valence-corrected chi connectivity index (χ3v) is 8.39. The van der Waals surface area contributed by atoms with Gasteiger partial charge in [-0.2, -0.15) is 0 Å². The van der Waals surface area contributed by atoms with Gasteiger partial charge in [0.25, 0.3) is 5.91 Å². The molecular formula is C28H37FN4O5S. The zero-order valence-electron chi connectivity index (χ0n) is 23.2. The Hall–Kier alpha value is -3.05. The molecule has 0 unspecified atom stereocenters. The van der Waals surface area contributed by atoms with Crippen molar-refractivity contribution in [2.75, 3.05) is 13.7 Å². The number of nitrogens with zero attached hydrogens (tertiary/aromatic N) is 2. The van der Waals surface area contributed by atoms with E-state index in [1.54, 1.807) is 33.4 Å². The molecule has 212 valence electrons. The summed E-state index contributed by atoms with van der Waals surface area (Å²) in [6.45, 7) is 9.00. The summed E-state index contributed by atoms with van der Waals surface area (Å²) in [6, 6.07) is 3.28. The van der Waals surface area contributed by atoms with Gasteiger partial charge in [0, 0.05) is 18.5 Å². The molecule has 3 amide bonds. The molecule has 4 atom stereocenters. The summed E-state index contributed by atoms with van der Waals surface area (Å²) in [7, 11) is 1.56. The number of carbonyl (C=O) groups is 3. The molecule has 1 aliphatic heterocycles. The number of halogens is 1. The highest BCUT2D eigenvalue weighted by Gasteiger charge is 2.53. The SMILES string of the molecule is COc1cc(-c2scnc2C)ccc1[C@H](C)NC(=O)[C@@H]1C[C@@H](O)CN1C(=O)[C@@H](NC(=O)C1(F)CC1)C(C)(C)C. The van der Waals surface area contributed by atoms with E-state index in [0.29, 0.717) is 5.75 Å². The summed E-state index contributed by atoms with van der Waals surface area (Å²) in [5, 5.41) is 15.9. The van der Waals surface area contributed by atoms with Gasteiger partial charge >= 0.3 is 0 Å². The molecule has 1 aromatic heterocycles. The van der Waals surface area contributed by atoms with E-state index in [1.165, 1.54) is 16.2 Å². The average molecular weight is 561 g/mol. The molecule has 1 saturated heterocycles. The summed E-state index contributed by atoms with van der Waals surface area (Å²) in [6.07, 6.45) is -0.584. The largest absolute Gasteiger partial charge is 0.496 e. The third-order valence-electron chi connectivity index (χ3n) is 7.42. The molecule has 1 aliphatic carbocycles. The van der Waals surface area contributed by atoms with Crippen LogP contribution < -0.4 is 15.4 Å². The Kier molecular flexibility index (Phi) is 8.05. The predicted octanol–water partition coefficient (Wildman–Crippen LogP) is 3.30. The Labute approximate surface area is 232 Å². The number of thiazole rings is 1. The van der Waals surface area contributed by atoms with Crippen molar-refractivity contribution in [1.29, 1.82) is 0 Å². The first-order valence-corrected chi connectivity index (χ1v) is 14.0. The number of hydrogen-bond donors (Lipinski definition) is 3. The fourth-order valence-electron chi connectivity index (χ4n) is 4.89. The van der Waals surface area contributed by atoms with Crippen molar-refractivity contribution in [2.45, 2.75) is 83.8 Å². The number of rotatable bonds is 8. The Morgan fingerprint density at radius 1 is 1.26 bits per heavy atom. The topological polar surface area (TPSA) is 121 Å². The fourth-order valence-corrected chi connectivity index (χ4v) is 5.70. The van der Waals surface area contributed by atoms with Crippen molar-refractivity contribution in [3.05, 3.63) is 35.0 Å². The van der Waals surface area contributed by atoms with E-state index < -0.39 is 53.0 Å². The Morgan fingerprint density at radius 2 is 1.95 bits per heavy atom. The lowest BCUT2D eigenvalue weighted by molar-refractivity contribution is -0.145. The zero-order chi connectivity index (χ0) is 28.7. The highest BCUT2D eigenvalue weighted by molar-refractivity contribution is 7.13. The fraction of sp³-hybridized carbons (Fsp3) is 0.571. The second kappa shape index (κ2) is 10.8. The summed E-state index contributed by atoms with van der Waals surface area (Å²) in [4.78, 5) is 46.2. The standard InChI is InChI=1S/C28H37FN4O5S/c1-15(19-8-7-17(11-21(19)38-6)22-16(2)30-14-39-22)31-24(35)20-12-18(34)13-33(20)25(36)23(27(3,4)5)32-26(37)28(29)9-10-28/h7-8,11,14-15,18,20,23,34H,9-10,12-13H2,1-6H3,(H,31,35)(H,32,37)/t15-,18+,20-,23+/m0/s1. The van der Waals surface area contributed by atoms with Crippen LogP contribution in [0.2, 0.25) is 0 Å². The van der Waals surface area contributed by atoms with Gasteiger partial charge in [-0.25, -0.2) is 9.37 Å². The zero-order valence-corrected chi connectivity index (χ0v) is 24.0. The number of nitrogens with one attached hydrogen (secondary N) is 2. The molecule has 2 aromatic rings. The number of benzene rings is 1. The number of hydrogen-bond acceptors (Lipinski definition) is 7. The first-order chi connectivity index (χ1) is 18.2. The van der Waals surface area contributed by atoms with Crippen LogP contribution in [0.25, 0.3) is 10.4 Å². The molecule has 0 spiro atoms. The summed E-state index contributed by atoms with van der Waals surface area (Å²) in [5.74, 6) is -1.16. The van der Waals surface area contributed by atoms with Crippen LogP contribution in [0.3, 0.4) is 0 Å². The minimum absolute atomic E-state index is 0.0548. The Morgan fingerprint density at radius 3 is 2.51 bits per heavy atom. The average Bonchev–Trinajstić information content (AvgIpc) is 3.28. The maximum Gasteiger partial charge on any atom is 0.258 e. The van der Waals surface area contributed by atoms with Gasteiger partial charge in [0.2, 0.25) is 11.8 Å². The van der Waals surface area contributed by atoms with Crippen molar-refractivity contribution in [3.8, 4) is 16.2 Å². The van der Waals surface area contributed by atoms with Crippen LogP contribution >= 0.6 is 11.3 Å². The number of aliphatic hydroxyl groups is 1. The lowest BCUT2D eigenvalue weighted by Gasteiger charge is -2.35. The molecule has 2 fully saturated rings. The van der Waals surface area contributed by atoms with Gasteiger partial charge < -0.3 is 25.4 Å². The number of aryl methyl sites for hydroxylation is 1. The van der Waals surface area contributed by atoms with Crippen molar-refractivity contribution in [3.63, 3.8) is 0 Å². The van der Waals surface area contributed by atoms with Gasteiger partial charge in [-0.05, 0) is 43.7 Å². The first-order valence-electron chi connectivity index (χ1n) is 13.1. The van der Waals surface area contributed by atoms with Gasteiger partial charge in [0.05, 0.1) is 35.3 Å². The van der Waals surface area contributed by atoms with E-state index in [9.17, 15) is 23.9 Å². The van der Waals surface area contributed by atoms with Gasteiger partial charge in [-0.15, -0.1) is 11.3 Å². The van der Waals surface area contributed by atoms with E-state index in [1.807, 2.05) is 32.0 Å². The number of β-amino-alcohol motifs (C(OH)–C–C–N with tert-alkyl or cyclic N) is 1. The monoisotopic (exact) mass is 560 g/mol.